The SMILES string of the molecule is COc1cccc(/C=C/C(=O)N2CCN(Cc3noc(Cc4c[nH]c5ccccc45)n3)CC2)c1OC. The van der Waals surface area contributed by atoms with Gasteiger partial charge in [0.05, 0.1) is 27.2 Å². The molecule has 0 atom stereocenters. The largest absolute Gasteiger partial charge is 0.493 e. The second kappa shape index (κ2) is 10.7. The Bertz CT molecular complexity index is 1370. The summed E-state index contributed by atoms with van der Waals surface area (Å²) in [7, 11) is 3.18. The van der Waals surface area contributed by atoms with Crippen molar-refractivity contribution in [2.24, 2.45) is 0 Å². The third kappa shape index (κ3) is 5.11. The Morgan fingerprint density at radius 3 is 2.72 bits per heavy atom. The Morgan fingerprint density at radius 2 is 1.92 bits per heavy atom. The molecule has 0 unspecified atom stereocenters. The lowest BCUT2D eigenvalue weighted by molar-refractivity contribution is -0.127. The van der Waals surface area contributed by atoms with E-state index in [0.717, 1.165) is 35.1 Å². The highest BCUT2D eigenvalue weighted by atomic mass is 16.5. The van der Waals surface area contributed by atoms with E-state index in [1.165, 1.54) is 0 Å². The van der Waals surface area contributed by atoms with E-state index < -0.39 is 0 Å². The van der Waals surface area contributed by atoms with Gasteiger partial charge in [0.25, 0.3) is 0 Å². The topological polar surface area (TPSA) is 96.7 Å². The minimum absolute atomic E-state index is 0.0277. The first-order valence-electron chi connectivity index (χ1n) is 11.9. The molecule has 0 radical (unpaired) electrons. The van der Waals surface area contributed by atoms with Crippen LogP contribution in [-0.2, 0) is 17.8 Å². The predicted molar refractivity (Wildman–Crippen MR) is 136 cm³/mol. The zero-order valence-corrected chi connectivity index (χ0v) is 20.4. The molecule has 9 nitrogen and oxygen atoms in total. The number of carbonyl (C=O) groups is 1. The zero-order valence-electron chi connectivity index (χ0n) is 20.4. The molecule has 3 heterocycles. The summed E-state index contributed by atoms with van der Waals surface area (Å²) >= 11 is 0. The number of fused-ring (bicyclic) bond motifs is 1. The van der Waals surface area contributed by atoms with Gasteiger partial charge in [0, 0.05) is 54.9 Å². The van der Waals surface area contributed by atoms with E-state index in [4.69, 9.17) is 14.0 Å². The molecule has 1 N–H and O–H groups in total. The highest BCUT2D eigenvalue weighted by Crippen LogP contribution is 2.31. The Labute approximate surface area is 209 Å². The molecule has 186 valence electrons. The van der Waals surface area contributed by atoms with Crippen molar-refractivity contribution >= 4 is 22.9 Å². The Kier molecular flexibility index (Phi) is 6.99. The molecule has 0 bridgehead atoms. The molecular weight excluding hydrogens is 458 g/mol. The van der Waals surface area contributed by atoms with E-state index in [0.29, 0.717) is 49.3 Å². The van der Waals surface area contributed by atoms with Crippen molar-refractivity contribution in [1.29, 1.82) is 0 Å². The molecule has 1 saturated heterocycles. The van der Waals surface area contributed by atoms with E-state index >= 15 is 0 Å². The van der Waals surface area contributed by atoms with Crippen LogP contribution < -0.4 is 9.47 Å². The van der Waals surface area contributed by atoms with Gasteiger partial charge in [-0.3, -0.25) is 9.69 Å². The third-order valence-corrected chi connectivity index (χ3v) is 6.41. The van der Waals surface area contributed by atoms with Crippen molar-refractivity contribution in [1.82, 2.24) is 24.9 Å². The van der Waals surface area contributed by atoms with Gasteiger partial charge in [-0.25, -0.2) is 0 Å². The van der Waals surface area contributed by atoms with Crippen LogP contribution in [0.25, 0.3) is 17.0 Å². The number of nitrogens with zero attached hydrogens (tertiary/aromatic N) is 4. The molecule has 1 aliphatic heterocycles. The number of methoxy groups -OCH3 is 2. The molecule has 9 heteroatoms. The van der Waals surface area contributed by atoms with Crippen molar-refractivity contribution < 1.29 is 18.8 Å². The molecule has 36 heavy (non-hydrogen) atoms. The van der Waals surface area contributed by atoms with Gasteiger partial charge >= 0.3 is 0 Å². The molecule has 1 amide bonds. The summed E-state index contributed by atoms with van der Waals surface area (Å²) < 4.78 is 16.3. The molecule has 1 aliphatic rings. The number of hydrogen-bond donors (Lipinski definition) is 1. The molecule has 1 fully saturated rings. The Hall–Kier alpha value is -4.11. The highest BCUT2D eigenvalue weighted by molar-refractivity contribution is 5.92. The molecule has 4 aromatic rings. The van der Waals surface area contributed by atoms with Crippen LogP contribution in [-0.4, -0.2) is 71.2 Å². The monoisotopic (exact) mass is 487 g/mol. The molecule has 0 aliphatic carbocycles. The fourth-order valence-corrected chi connectivity index (χ4v) is 4.50. The van der Waals surface area contributed by atoms with Gasteiger partial charge in [0.1, 0.15) is 0 Å². The van der Waals surface area contributed by atoms with E-state index in [1.807, 2.05) is 47.5 Å². The Morgan fingerprint density at radius 1 is 1.08 bits per heavy atom. The normalized spacial score (nSPS) is 14.6. The number of aromatic amines is 1. The van der Waals surface area contributed by atoms with Crippen molar-refractivity contribution in [2.45, 2.75) is 13.0 Å². The molecule has 2 aromatic heterocycles. The molecule has 0 spiro atoms. The number of hydrogen-bond acceptors (Lipinski definition) is 7. The van der Waals surface area contributed by atoms with Crippen LogP contribution >= 0.6 is 0 Å². The van der Waals surface area contributed by atoms with Crippen molar-refractivity contribution in [2.75, 3.05) is 40.4 Å². The van der Waals surface area contributed by atoms with Gasteiger partial charge in [-0.15, -0.1) is 0 Å². The smallest absolute Gasteiger partial charge is 0.246 e. The van der Waals surface area contributed by atoms with Crippen LogP contribution in [0.2, 0.25) is 0 Å². The predicted octanol–water partition coefficient (Wildman–Crippen LogP) is 3.52. The van der Waals surface area contributed by atoms with Crippen molar-refractivity contribution in [3.8, 4) is 11.5 Å². The average molecular weight is 488 g/mol. The summed E-state index contributed by atoms with van der Waals surface area (Å²) in [5, 5.41) is 5.33. The number of rotatable bonds is 8. The Balaban J connectivity index is 1.13. The molecular formula is C27H29N5O4. The maximum Gasteiger partial charge on any atom is 0.246 e. The second-order valence-corrected chi connectivity index (χ2v) is 8.66. The number of benzene rings is 2. The summed E-state index contributed by atoms with van der Waals surface area (Å²) in [5.74, 6) is 2.47. The number of nitrogens with one attached hydrogen (secondary N) is 1. The van der Waals surface area contributed by atoms with Crippen LogP contribution in [0, 0.1) is 0 Å². The number of carbonyl (C=O) groups excluding carboxylic acids is 1. The fourth-order valence-electron chi connectivity index (χ4n) is 4.50. The van der Waals surface area contributed by atoms with Gasteiger partial charge in [-0.1, -0.05) is 35.5 Å². The fraction of sp³-hybridized carbons (Fsp3) is 0.296. The first-order valence-corrected chi connectivity index (χ1v) is 11.9. The number of aromatic nitrogens is 3. The number of para-hydroxylation sites is 2. The van der Waals surface area contributed by atoms with E-state index in [-0.39, 0.29) is 5.91 Å². The molecule has 2 aromatic carbocycles. The van der Waals surface area contributed by atoms with Crippen molar-refractivity contribution in [3.63, 3.8) is 0 Å². The lowest BCUT2D eigenvalue weighted by Crippen LogP contribution is -2.47. The highest BCUT2D eigenvalue weighted by Gasteiger charge is 2.21. The average Bonchev–Trinajstić information content (AvgIpc) is 3.54. The van der Waals surface area contributed by atoms with Gasteiger partial charge in [-0.05, 0) is 23.8 Å². The number of ether oxygens (including phenoxy) is 2. The van der Waals surface area contributed by atoms with E-state index in [2.05, 4.69) is 26.1 Å². The summed E-state index contributed by atoms with van der Waals surface area (Å²) in [6.45, 7) is 3.36. The molecule has 0 saturated carbocycles. The van der Waals surface area contributed by atoms with Crippen LogP contribution in [0.4, 0.5) is 0 Å². The van der Waals surface area contributed by atoms with Gasteiger partial charge in [0.2, 0.25) is 11.8 Å². The minimum atomic E-state index is -0.0277. The maximum absolute atomic E-state index is 12.7. The van der Waals surface area contributed by atoms with Gasteiger partial charge < -0.3 is 23.9 Å². The number of piperazine rings is 1. The summed E-state index contributed by atoms with van der Waals surface area (Å²) in [5.41, 5.74) is 3.02. The lowest BCUT2D eigenvalue weighted by Gasteiger charge is -2.33. The van der Waals surface area contributed by atoms with Gasteiger partial charge in [-0.2, -0.15) is 4.98 Å². The number of H-pyrrole nitrogens is 1. The number of amides is 1. The summed E-state index contributed by atoms with van der Waals surface area (Å²) in [6, 6.07) is 13.8. The summed E-state index contributed by atoms with van der Waals surface area (Å²) in [4.78, 5) is 24.7. The second-order valence-electron chi connectivity index (χ2n) is 8.66. The maximum atomic E-state index is 12.7. The standard InChI is InChI=1S/C27H29N5O4/c1-34-23-9-5-6-19(27(23)35-2)10-11-26(33)32-14-12-31(13-15-32)18-24-29-25(36-30-24)16-20-17-28-22-8-4-3-7-21(20)22/h3-11,17,28H,12-16,18H2,1-2H3/b11-10+. The lowest BCUT2D eigenvalue weighted by atomic mass is 10.1. The van der Waals surface area contributed by atoms with Crippen LogP contribution in [0.3, 0.4) is 0 Å². The van der Waals surface area contributed by atoms with E-state index in [1.54, 1.807) is 26.4 Å². The minimum Gasteiger partial charge on any atom is -0.493 e. The first-order chi connectivity index (χ1) is 17.6. The zero-order chi connectivity index (χ0) is 24.9. The van der Waals surface area contributed by atoms with E-state index in [9.17, 15) is 4.79 Å². The van der Waals surface area contributed by atoms with Crippen LogP contribution in [0.15, 0.2) is 59.3 Å². The summed E-state index contributed by atoms with van der Waals surface area (Å²) in [6.07, 6.45) is 5.93. The van der Waals surface area contributed by atoms with Crippen LogP contribution in [0.5, 0.6) is 11.5 Å². The quantitative estimate of drug-likeness (QED) is 0.380. The molecule has 5 rings (SSSR count). The first kappa shape index (κ1) is 23.6. The van der Waals surface area contributed by atoms with Gasteiger partial charge in [0.15, 0.2) is 17.3 Å². The third-order valence-electron chi connectivity index (χ3n) is 6.41. The van der Waals surface area contributed by atoms with Crippen LogP contribution in [0.1, 0.15) is 22.8 Å². The van der Waals surface area contributed by atoms with Crippen molar-refractivity contribution in [3.05, 3.63) is 77.6 Å².